The maximum Gasteiger partial charge on any atom is 0.208 e. The molecule has 1 N–H and O–H groups in total. The van der Waals surface area contributed by atoms with Crippen molar-refractivity contribution in [3.63, 3.8) is 0 Å². The van der Waals surface area contributed by atoms with Crippen molar-refractivity contribution in [1.82, 2.24) is 10.2 Å². The Kier molecular flexibility index (Phi) is 3.97. The molecule has 3 rings (SSSR count). The summed E-state index contributed by atoms with van der Waals surface area (Å²) in [5, 5.41) is 20.9. The predicted molar refractivity (Wildman–Crippen MR) is 79.4 cm³/mol. The SMILES string of the molecule is CC(C)c1nnc(N2CCC3(CC2)OCCC[C@@H]3O)s1. The fourth-order valence-electron chi connectivity index (χ4n) is 3.05. The van der Waals surface area contributed by atoms with E-state index in [-0.39, 0.29) is 11.7 Å². The van der Waals surface area contributed by atoms with Gasteiger partial charge < -0.3 is 14.7 Å². The van der Waals surface area contributed by atoms with Gasteiger partial charge in [-0.05, 0) is 25.7 Å². The molecule has 0 unspecified atom stereocenters. The lowest BCUT2D eigenvalue weighted by Crippen LogP contribution is -2.55. The first kappa shape index (κ1) is 14.2. The molecule has 3 heterocycles. The highest BCUT2D eigenvalue weighted by Gasteiger charge is 2.44. The molecule has 1 spiro atoms. The number of aromatic nitrogens is 2. The van der Waals surface area contributed by atoms with E-state index >= 15 is 0 Å². The standard InChI is InChI=1S/C14H23N3O2S/c1-10(2)12-15-16-13(20-12)17-7-5-14(6-8-17)11(18)4-3-9-19-14/h10-11,18H,3-9H2,1-2H3/t11-/m0/s1. The summed E-state index contributed by atoms with van der Waals surface area (Å²) in [6, 6.07) is 0. The van der Waals surface area contributed by atoms with Crippen LogP contribution in [0.15, 0.2) is 0 Å². The van der Waals surface area contributed by atoms with Crippen molar-refractivity contribution < 1.29 is 9.84 Å². The maximum absolute atomic E-state index is 10.2. The van der Waals surface area contributed by atoms with Gasteiger partial charge in [-0.15, -0.1) is 10.2 Å². The van der Waals surface area contributed by atoms with E-state index < -0.39 is 0 Å². The minimum absolute atomic E-state index is 0.305. The first-order valence-corrected chi connectivity index (χ1v) is 8.33. The Bertz CT molecular complexity index is 455. The fraction of sp³-hybridized carbons (Fsp3) is 0.857. The molecule has 112 valence electrons. The zero-order valence-electron chi connectivity index (χ0n) is 12.2. The van der Waals surface area contributed by atoms with Crippen molar-refractivity contribution in [1.29, 1.82) is 0 Å². The lowest BCUT2D eigenvalue weighted by molar-refractivity contribution is -0.164. The number of hydrogen-bond acceptors (Lipinski definition) is 6. The highest BCUT2D eigenvalue weighted by molar-refractivity contribution is 7.15. The summed E-state index contributed by atoms with van der Waals surface area (Å²) in [6.07, 6.45) is 3.30. The summed E-state index contributed by atoms with van der Waals surface area (Å²) in [7, 11) is 0. The van der Waals surface area contributed by atoms with Gasteiger partial charge in [0.05, 0.1) is 11.7 Å². The largest absolute Gasteiger partial charge is 0.390 e. The van der Waals surface area contributed by atoms with E-state index in [1.165, 1.54) is 0 Å². The minimum atomic E-state index is -0.306. The molecule has 2 saturated heterocycles. The van der Waals surface area contributed by atoms with E-state index in [4.69, 9.17) is 4.74 Å². The van der Waals surface area contributed by atoms with E-state index in [9.17, 15) is 5.11 Å². The highest BCUT2D eigenvalue weighted by Crippen LogP contribution is 2.37. The smallest absolute Gasteiger partial charge is 0.208 e. The first-order chi connectivity index (χ1) is 9.61. The van der Waals surface area contributed by atoms with Gasteiger partial charge in [-0.1, -0.05) is 25.2 Å². The van der Waals surface area contributed by atoms with Gasteiger partial charge in [0.2, 0.25) is 5.13 Å². The molecule has 0 saturated carbocycles. The van der Waals surface area contributed by atoms with Gasteiger partial charge in [0, 0.05) is 25.6 Å². The van der Waals surface area contributed by atoms with Crippen LogP contribution in [0.25, 0.3) is 0 Å². The van der Waals surface area contributed by atoms with Crippen molar-refractivity contribution in [2.75, 3.05) is 24.6 Å². The third-order valence-electron chi connectivity index (χ3n) is 4.42. The van der Waals surface area contributed by atoms with Crippen LogP contribution in [0.2, 0.25) is 0 Å². The Hall–Kier alpha value is -0.720. The number of piperidine rings is 1. The zero-order chi connectivity index (χ0) is 14.2. The predicted octanol–water partition coefficient (Wildman–Crippen LogP) is 2.17. The van der Waals surface area contributed by atoms with Gasteiger partial charge in [-0.3, -0.25) is 0 Å². The van der Waals surface area contributed by atoms with Crippen LogP contribution in [0, 0.1) is 0 Å². The first-order valence-electron chi connectivity index (χ1n) is 7.51. The van der Waals surface area contributed by atoms with Gasteiger partial charge in [0.25, 0.3) is 0 Å². The summed E-state index contributed by atoms with van der Waals surface area (Å²) in [5.41, 5.74) is -0.305. The average Bonchev–Trinajstić information content (AvgIpc) is 2.93. The topological polar surface area (TPSA) is 58.5 Å². The molecule has 1 aromatic heterocycles. The number of ether oxygens (including phenoxy) is 1. The molecule has 6 heteroatoms. The molecule has 2 fully saturated rings. The molecule has 0 aromatic carbocycles. The minimum Gasteiger partial charge on any atom is -0.390 e. The van der Waals surface area contributed by atoms with Crippen molar-refractivity contribution in [3.8, 4) is 0 Å². The maximum atomic E-state index is 10.2. The van der Waals surface area contributed by atoms with E-state index in [1.807, 2.05) is 0 Å². The third kappa shape index (κ3) is 2.56. The summed E-state index contributed by atoms with van der Waals surface area (Å²) in [5.74, 6) is 0.431. The van der Waals surface area contributed by atoms with Crippen LogP contribution in [0.1, 0.15) is 50.5 Å². The monoisotopic (exact) mass is 297 g/mol. The second kappa shape index (κ2) is 5.58. The Morgan fingerprint density at radius 3 is 2.70 bits per heavy atom. The Morgan fingerprint density at radius 2 is 2.10 bits per heavy atom. The van der Waals surface area contributed by atoms with Crippen LogP contribution in [0.3, 0.4) is 0 Å². The second-order valence-electron chi connectivity index (χ2n) is 6.14. The van der Waals surface area contributed by atoms with Gasteiger partial charge in [-0.2, -0.15) is 0 Å². The van der Waals surface area contributed by atoms with Crippen LogP contribution < -0.4 is 4.90 Å². The van der Waals surface area contributed by atoms with Crippen LogP contribution in [-0.2, 0) is 4.74 Å². The summed E-state index contributed by atoms with van der Waals surface area (Å²) < 4.78 is 5.94. The van der Waals surface area contributed by atoms with Crippen molar-refractivity contribution in [2.45, 2.75) is 57.2 Å². The van der Waals surface area contributed by atoms with E-state index in [1.54, 1.807) is 11.3 Å². The van der Waals surface area contributed by atoms with Crippen molar-refractivity contribution in [3.05, 3.63) is 5.01 Å². The molecule has 0 amide bonds. The molecule has 0 bridgehead atoms. The molecule has 20 heavy (non-hydrogen) atoms. The number of rotatable bonds is 2. The van der Waals surface area contributed by atoms with E-state index in [0.29, 0.717) is 5.92 Å². The van der Waals surface area contributed by atoms with Gasteiger partial charge in [-0.25, -0.2) is 0 Å². The Balaban J connectivity index is 1.65. The van der Waals surface area contributed by atoms with E-state index in [0.717, 1.165) is 55.5 Å². The van der Waals surface area contributed by atoms with Gasteiger partial charge in [0.1, 0.15) is 5.01 Å². The molecule has 5 nitrogen and oxygen atoms in total. The number of aliphatic hydroxyl groups excluding tert-OH is 1. The normalized spacial score (nSPS) is 26.4. The lowest BCUT2D eigenvalue weighted by atomic mass is 9.82. The molecule has 2 aliphatic rings. The Morgan fingerprint density at radius 1 is 1.35 bits per heavy atom. The number of nitrogens with zero attached hydrogens (tertiary/aromatic N) is 3. The number of hydrogen-bond donors (Lipinski definition) is 1. The zero-order valence-corrected chi connectivity index (χ0v) is 13.0. The highest BCUT2D eigenvalue weighted by atomic mass is 32.1. The molecule has 1 aromatic rings. The average molecular weight is 297 g/mol. The quantitative estimate of drug-likeness (QED) is 0.906. The van der Waals surface area contributed by atoms with Crippen LogP contribution in [0.4, 0.5) is 5.13 Å². The van der Waals surface area contributed by atoms with E-state index in [2.05, 4.69) is 28.9 Å². The number of aliphatic hydroxyl groups is 1. The van der Waals surface area contributed by atoms with Gasteiger partial charge in [0.15, 0.2) is 0 Å². The van der Waals surface area contributed by atoms with Crippen molar-refractivity contribution in [2.24, 2.45) is 0 Å². The van der Waals surface area contributed by atoms with Crippen molar-refractivity contribution >= 4 is 16.5 Å². The van der Waals surface area contributed by atoms with Crippen LogP contribution in [0.5, 0.6) is 0 Å². The fourth-order valence-corrected chi connectivity index (χ4v) is 3.95. The molecule has 1 atom stereocenters. The third-order valence-corrected chi connectivity index (χ3v) is 5.71. The molecule has 2 aliphatic heterocycles. The number of anilines is 1. The molecule has 0 aliphatic carbocycles. The van der Waals surface area contributed by atoms with Crippen LogP contribution >= 0.6 is 11.3 Å². The molecular weight excluding hydrogens is 274 g/mol. The molecule has 0 radical (unpaired) electrons. The summed E-state index contributed by atoms with van der Waals surface area (Å²) in [6.45, 7) is 6.85. The summed E-state index contributed by atoms with van der Waals surface area (Å²) >= 11 is 1.68. The Labute approximate surface area is 124 Å². The molecular formula is C14H23N3O2S. The summed E-state index contributed by atoms with van der Waals surface area (Å²) in [4.78, 5) is 2.28. The van der Waals surface area contributed by atoms with Crippen LogP contribution in [-0.4, -0.2) is 46.7 Å². The lowest BCUT2D eigenvalue weighted by Gasteiger charge is -2.46. The second-order valence-corrected chi connectivity index (χ2v) is 7.12. The van der Waals surface area contributed by atoms with Gasteiger partial charge >= 0.3 is 0 Å².